The molecule has 0 aliphatic heterocycles. The highest BCUT2D eigenvalue weighted by Crippen LogP contribution is 2.37. The molecule has 0 heterocycles. The molecule has 0 bridgehead atoms. The maximum absolute atomic E-state index is 12.2. The van der Waals surface area contributed by atoms with Crippen LogP contribution in [-0.4, -0.2) is 16.7 Å². The summed E-state index contributed by atoms with van der Waals surface area (Å²) in [5, 5.41) is 11.2. The zero-order chi connectivity index (χ0) is 20.5. The number of ketones is 2. The molecule has 0 saturated heterocycles. The smallest absolute Gasteiger partial charge is 0.234 e. The second-order valence-electron chi connectivity index (χ2n) is 6.60. The number of benzene rings is 2. The fourth-order valence-electron chi connectivity index (χ4n) is 3.57. The standard InChI is InChI=1S/C16H16O3.C6H5Cl.C2H6/c17-14-11-8-4-5-9-12(11)15(18)16(19)13(14)10-6-2-1-3-7-10;7-6-4-2-1-3-5-6;1-2/h4-5,8-10,17H,1-3,6-7H2;1-5H;1-2H3. The van der Waals surface area contributed by atoms with Crippen LogP contribution in [0.15, 0.2) is 60.2 Å². The van der Waals surface area contributed by atoms with E-state index in [4.69, 9.17) is 11.6 Å². The molecule has 0 amide bonds. The third-order valence-corrected chi connectivity index (χ3v) is 5.13. The van der Waals surface area contributed by atoms with Gasteiger partial charge in [-0.3, -0.25) is 9.59 Å². The first-order valence-corrected chi connectivity index (χ1v) is 10.3. The van der Waals surface area contributed by atoms with Crippen LogP contribution in [0.5, 0.6) is 0 Å². The largest absolute Gasteiger partial charge is 0.507 e. The molecular weight excluding hydrogens is 372 g/mol. The van der Waals surface area contributed by atoms with Crippen LogP contribution in [0.2, 0.25) is 5.02 Å². The highest BCUT2D eigenvalue weighted by molar-refractivity contribution is 6.52. The van der Waals surface area contributed by atoms with Gasteiger partial charge in [-0.15, -0.1) is 0 Å². The second kappa shape index (κ2) is 10.8. The number of carbonyl (C=O) groups is 2. The lowest BCUT2D eigenvalue weighted by molar-refractivity contribution is -0.112. The van der Waals surface area contributed by atoms with E-state index in [0.29, 0.717) is 16.7 Å². The molecule has 2 aliphatic carbocycles. The first-order valence-electron chi connectivity index (χ1n) is 9.91. The average molecular weight is 399 g/mol. The van der Waals surface area contributed by atoms with Crippen molar-refractivity contribution in [3.05, 3.63) is 76.3 Å². The Labute approximate surface area is 172 Å². The highest BCUT2D eigenvalue weighted by Gasteiger charge is 2.36. The summed E-state index contributed by atoms with van der Waals surface area (Å²) in [6, 6.07) is 16.2. The Kier molecular flexibility index (Phi) is 8.46. The van der Waals surface area contributed by atoms with Crippen molar-refractivity contribution in [3.63, 3.8) is 0 Å². The van der Waals surface area contributed by atoms with Crippen molar-refractivity contribution >= 4 is 28.9 Å². The van der Waals surface area contributed by atoms with E-state index in [0.717, 1.165) is 30.7 Å². The van der Waals surface area contributed by atoms with Crippen molar-refractivity contribution in [2.45, 2.75) is 46.0 Å². The van der Waals surface area contributed by atoms with Gasteiger partial charge in [0.25, 0.3) is 0 Å². The molecule has 0 aromatic heterocycles. The number of hydrogen-bond donors (Lipinski definition) is 1. The molecule has 28 heavy (non-hydrogen) atoms. The van der Waals surface area contributed by atoms with E-state index in [-0.39, 0.29) is 11.7 Å². The topological polar surface area (TPSA) is 54.4 Å². The Morgan fingerprint density at radius 2 is 1.32 bits per heavy atom. The first-order chi connectivity index (χ1) is 13.6. The van der Waals surface area contributed by atoms with Gasteiger partial charge < -0.3 is 5.11 Å². The SMILES string of the molecule is CC.Clc1ccccc1.O=C1C(=O)c2ccccc2C(O)=C1C1CCCCC1. The van der Waals surface area contributed by atoms with Crippen LogP contribution in [0.25, 0.3) is 5.76 Å². The lowest BCUT2D eigenvalue weighted by Gasteiger charge is -2.27. The zero-order valence-electron chi connectivity index (χ0n) is 16.5. The molecule has 148 valence electrons. The molecule has 1 N–H and O–H groups in total. The lowest BCUT2D eigenvalue weighted by atomic mass is 9.76. The maximum Gasteiger partial charge on any atom is 0.234 e. The van der Waals surface area contributed by atoms with Gasteiger partial charge in [0.15, 0.2) is 0 Å². The van der Waals surface area contributed by atoms with Crippen molar-refractivity contribution < 1.29 is 14.7 Å². The Morgan fingerprint density at radius 1 is 0.786 bits per heavy atom. The first kappa shape index (κ1) is 21.9. The van der Waals surface area contributed by atoms with Gasteiger partial charge >= 0.3 is 0 Å². The van der Waals surface area contributed by atoms with Crippen molar-refractivity contribution in [1.82, 2.24) is 0 Å². The average Bonchev–Trinajstić information content (AvgIpc) is 2.75. The molecule has 0 radical (unpaired) electrons. The number of allylic oxidation sites excluding steroid dienone is 1. The minimum Gasteiger partial charge on any atom is -0.507 e. The van der Waals surface area contributed by atoms with E-state index in [2.05, 4.69) is 0 Å². The molecule has 0 unspecified atom stereocenters. The van der Waals surface area contributed by atoms with Crippen LogP contribution in [-0.2, 0) is 4.79 Å². The summed E-state index contributed by atoms with van der Waals surface area (Å²) in [5.41, 5.74) is 1.18. The van der Waals surface area contributed by atoms with Gasteiger partial charge in [-0.25, -0.2) is 0 Å². The van der Waals surface area contributed by atoms with Crippen molar-refractivity contribution in [2.24, 2.45) is 5.92 Å². The molecule has 1 saturated carbocycles. The van der Waals surface area contributed by atoms with E-state index < -0.39 is 11.6 Å². The van der Waals surface area contributed by atoms with Gasteiger partial charge in [0.2, 0.25) is 11.6 Å². The maximum atomic E-state index is 12.2. The van der Waals surface area contributed by atoms with Gasteiger partial charge in [0.05, 0.1) is 0 Å². The number of rotatable bonds is 1. The summed E-state index contributed by atoms with van der Waals surface area (Å²) < 4.78 is 0. The quantitative estimate of drug-likeness (QED) is 0.546. The van der Waals surface area contributed by atoms with E-state index in [1.807, 2.05) is 44.2 Å². The summed E-state index contributed by atoms with van der Waals surface area (Å²) in [6.07, 6.45) is 5.07. The Balaban J connectivity index is 0.000000261. The number of fused-ring (bicyclic) bond motifs is 1. The molecule has 3 nitrogen and oxygen atoms in total. The number of carbonyl (C=O) groups excluding carboxylic acids is 2. The van der Waals surface area contributed by atoms with Crippen LogP contribution < -0.4 is 0 Å². The number of aliphatic hydroxyl groups is 1. The van der Waals surface area contributed by atoms with Crippen LogP contribution in [0.1, 0.15) is 61.9 Å². The molecule has 4 rings (SSSR count). The number of hydrogen-bond acceptors (Lipinski definition) is 3. The fraction of sp³-hybridized carbons (Fsp3) is 0.333. The number of aliphatic hydroxyl groups excluding tert-OH is 1. The summed E-state index contributed by atoms with van der Waals surface area (Å²) in [5.74, 6) is -0.928. The molecule has 0 spiro atoms. The highest BCUT2D eigenvalue weighted by atomic mass is 35.5. The summed E-state index contributed by atoms with van der Waals surface area (Å²) in [7, 11) is 0. The zero-order valence-corrected chi connectivity index (χ0v) is 17.2. The monoisotopic (exact) mass is 398 g/mol. The van der Waals surface area contributed by atoms with Crippen LogP contribution in [0.3, 0.4) is 0 Å². The normalized spacial score (nSPS) is 16.4. The predicted octanol–water partition coefficient (Wildman–Crippen LogP) is 6.67. The van der Waals surface area contributed by atoms with E-state index in [1.54, 1.807) is 24.3 Å². The minimum atomic E-state index is -0.511. The molecule has 0 atom stereocenters. The van der Waals surface area contributed by atoms with Crippen molar-refractivity contribution in [2.75, 3.05) is 0 Å². The lowest BCUT2D eigenvalue weighted by Crippen LogP contribution is -2.29. The molecular formula is C24H27ClO3. The Morgan fingerprint density at radius 3 is 1.86 bits per heavy atom. The predicted molar refractivity (Wildman–Crippen MR) is 115 cm³/mol. The van der Waals surface area contributed by atoms with Crippen LogP contribution in [0, 0.1) is 5.92 Å². The third kappa shape index (κ3) is 5.11. The van der Waals surface area contributed by atoms with Crippen molar-refractivity contribution in [1.29, 1.82) is 0 Å². The molecule has 1 fully saturated rings. The van der Waals surface area contributed by atoms with E-state index in [9.17, 15) is 14.7 Å². The molecule has 4 heteroatoms. The van der Waals surface area contributed by atoms with Crippen molar-refractivity contribution in [3.8, 4) is 0 Å². The Bertz CT molecular complexity index is 834. The number of halogens is 1. The van der Waals surface area contributed by atoms with Gasteiger partial charge in [0.1, 0.15) is 5.76 Å². The summed E-state index contributed by atoms with van der Waals surface area (Å²) in [6.45, 7) is 4.00. The third-order valence-electron chi connectivity index (χ3n) is 4.88. The minimum absolute atomic E-state index is 0.0205. The fourth-order valence-corrected chi connectivity index (χ4v) is 3.72. The van der Waals surface area contributed by atoms with Crippen LogP contribution in [0.4, 0.5) is 0 Å². The molecule has 2 aromatic rings. The molecule has 2 aliphatic rings. The van der Waals surface area contributed by atoms with E-state index >= 15 is 0 Å². The van der Waals surface area contributed by atoms with Crippen LogP contribution >= 0.6 is 11.6 Å². The second-order valence-corrected chi connectivity index (χ2v) is 7.03. The number of Topliss-reactive ketones (excluding diaryl/α,β-unsaturated/α-hetero) is 2. The summed E-state index contributed by atoms with van der Waals surface area (Å²) in [4.78, 5) is 24.4. The van der Waals surface area contributed by atoms with Gasteiger partial charge in [-0.2, -0.15) is 0 Å². The molecule has 2 aromatic carbocycles. The summed E-state index contributed by atoms with van der Waals surface area (Å²) >= 11 is 5.54. The van der Waals surface area contributed by atoms with Gasteiger partial charge in [-0.05, 0) is 30.9 Å². The Hall–Kier alpha value is -2.39. The van der Waals surface area contributed by atoms with E-state index in [1.165, 1.54) is 6.42 Å². The van der Waals surface area contributed by atoms with Gasteiger partial charge in [0, 0.05) is 21.7 Å². The van der Waals surface area contributed by atoms with Gasteiger partial charge in [-0.1, -0.05) is 87.2 Å².